The molecule has 1 amide bonds. The standard InChI is InChI=1S/C22H19N3OS/c1-16(18-7-3-2-4-8-18)25(14-17-6-5-11-23-13-17)22(26)19-9-10-20-21(12-19)27-15-24-20/h2-13,15-16H,14H2,1H3/t16-/m1/s1. The van der Waals surface area contributed by atoms with Gasteiger partial charge in [0.15, 0.2) is 0 Å². The number of nitrogens with zero attached hydrogens (tertiary/aromatic N) is 3. The summed E-state index contributed by atoms with van der Waals surface area (Å²) in [4.78, 5) is 23.8. The van der Waals surface area contributed by atoms with E-state index in [1.807, 2.05) is 59.6 Å². The van der Waals surface area contributed by atoms with Gasteiger partial charge in [0.05, 0.1) is 21.8 Å². The van der Waals surface area contributed by atoms with Crippen LogP contribution in [-0.4, -0.2) is 20.8 Å². The zero-order valence-electron chi connectivity index (χ0n) is 14.9. The fourth-order valence-electron chi connectivity index (χ4n) is 3.14. The van der Waals surface area contributed by atoms with Crippen molar-refractivity contribution in [2.24, 2.45) is 0 Å². The molecule has 0 radical (unpaired) electrons. The smallest absolute Gasteiger partial charge is 0.254 e. The molecule has 4 nitrogen and oxygen atoms in total. The molecule has 0 bridgehead atoms. The Bertz CT molecular complexity index is 1050. The van der Waals surface area contributed by atoms with E-state index >= 15 is 0 Å². The van der Waals surface area contributed by atoms with E-state index in [1.165, 1.54) is 0 Å². The Morgan fingerprint density at radius 2 is 1.96 bits per heavy atom. The van der Waals surface area contributed by atoms with Gasteiger partial charge in [0, 0.05) is 24.5 Å². The molecule has 1 atom stereocenters. The number of amides is 1. The number of carbonyl (C=O) groups excluding carboxylic acids is 1. The average Bonchev–Trinajstić information content (AvgIpc) is 3.20. The maximum atomic E-state index is 13.4. The molecule has 0 aliphatic rings. The van der Waals surface area contributed by atoms with Gasteiger partial charge in [0.2, 0.25) is 0 Å². The van der Waals surface area contributed by atoms with Crippen molar-refractivity contribution in [2.45, 2.75) is 19.5 Å². The van der Waals surface area contributed by atoms with E-state index < -0.39 is 0 Å². The molecular formula is C22H19N3OS. The summed E-state index contributed by atoms with van der Waals surface area (Å²) in [5.74, 6) is 0.00510. The number of aromatic nitrogens is 2. The largest absolute Gasteiger partial charge is 0.328 e. The van der Waals surface area contributed by atoms with Crippen molar-refractivity contribution < 1.29 is 4.79 Å². The molecular weight excluding hydrogens is 354 g/mol. The summed E-state index contributed by atoms with van der Waals surface area (Å²) in [5.41, 5.74) is 5.52. The number of pyridine rings is 1. The number of thiazole rings is 1. The van der Waals surface area contributed by atoms with E-state index in [0.717, 1.165) is 21.3 Å². The van der Waals surface area contributed by atoms with E-state index in [4.69, 9.17) is 0 Å². The minimum atomic E-state index is -0.0592. The maximum absolute atomic E-state index is 13.4. The third kappa shape index (κ3) is 3.73. The number of hydrogen-bond acceptors (Lipinski definition) is 4. The van der Waals surface area contributed by atoms with Crippen LogP contribution in [0.5, 0.6) is 0 Å². The van der Waals surface area contributed by atoms with Gasteiger partial charge in [-0.3, -0.25) is 9.78 Å². The zero-order valence-corrected chi connectivity index (χ0v) is 15.8. The van der Waals surface area contributed by atoms with Crippen LogP contribution in [0.15, 0.2) is 78.6 Å². The fourth-order valence-corrected chi connectivity index (χ4v) is 3.85. The lowest BCUT2D eigenvalue weighted by Crippen LogP contribution is -2.33. The van der Waals surface area contributed by atoms with Gasteiger partial charge in [0.1, 0.15) is 0 Å². The quantitative estimate of drug-likeness (QED) is 0.489. The molecule has 0 fully saturated rings. The van der Waals surface area contributed by atoms with Crippen LogP contribution in [0.25, 0.3) is 10.2 Å². The van der Waals surface area contributed by atoms with Gasteiger partial charge in [-0.25, -0.2) is 4.98 Å². The molecule has 0 unspecified atom stereocenters. The van der Waals surface area contributed by atoms with Crippen LogP contribution in [0.3, 0.4) is 0 Å². The van der Waals surface area contributed by atoms with Crippen LogP contribution in [-0.2, 0) is 6.54 Å². The van der Waals surface area contributed by atoms with Crippen molar-refractivity contribution in [3.8, 4) is 0 Å². The molecule has 2 aromatic heterocycles. The molecule has 0 saturated heterocycles. The van der Waals surface area contributed by atoms with Crippen LogP contribution in [0, 0.1) is 0 Å². The van der Waals surface area contributed by atoms with E-state index in [-0.39, 0.29) is 11.9 Å². The first-order chi connectivity index (χ1) is 13.2. The van der Waals surface area contributed by atoms with Crippen LogP contribution < -0.4 is 0 Å². The second-order valence-corrected chi connectivity index (χ2v) is 7.30. The molecule has 4 aromatic rings. The molecule has 0 aliphatic heterocycles. The molecule has 27 heavy (non-hydrogen) atoms. The van der Waals surface area contributed by atoms with Gasteiger partial charge in [-0.1, -0.05) is 36.4 Å². The first kappa shape index (κ1) is 17.4. The lowest BCUT2D eigenvalue weighted by atomic mass is 10.0. The van der Waals surface area contributed by atoms with Crippen molar-refractivity contribution in [1.29, 1.82) is 0 Å². The third-order valence-electron chi connectivity index (χ3n) is 4.66. The van der Waals surface area contributed by atoms with Crippen molar-refractivity contribution in [3.05, 3.63) is 95.3 Å². The Hall–Kier alpha value is -3.05. The predicted molar refractivity (Wildman–Crippen MR) is 109 cm³/mol. The van der Waals surface area contributed by atoms with Crippen molar-refractivity contribution in [2.75, 3.05) is 0 Å². The summed E-state index contributed by atoms with van der Waals surface area (Å²) in [6.45, 7) is 2.57. The first-order valence-corrected chi connectivity index (χ1v) is 9.68. The van der Waals surface area contributed by atoms with Gasteiger partial charge >= 0.3 is 0 Å². The highest BCUT2D eigenvalue weighted by molar-refractivity contribution is 7.16. The number of rotatable bonds is 5. The normalized spacial score (nSPS) is 12.0. The molecule has 0 spiro atoms. The zero-order chi connectivity index (χ0) is 18.6. The Kier molecular flexibility index (Phi) is 4.94. The second-order valence-electron chi connectivity index (χ2n) is 6.42. The average molecular weight is 373 g/mol. The Balaban J connectivity index is 1.70. The van der Waals surface area contributed by atoms with E-state index in [0.29, 0.717) is 12.1 Å². The van der Waals surface area contributed by atoms with E-state index in [9.17, 15) is 4.79 Å². The molecule has 0 aliphatic carbocycles. The van der Waals surface area contributed by atoms with E-state index in [1.54, 1.807) is 23.0 Å². The van der Waals surface area contributed by atoms with Gasteiger partial charge < -0.3 is 4.90 Å². The molecule has 0 N–H and O–H groups in total. The number of fused-ring (bicyclic) bond motifs is 1. The highest BCUT2D eigenvalue weighted by atomic mass is 32.1. The molecule has 4 rings (SSSR count). The lowest BCUT2D eigenvalue weighted by molar-refractivity contribution is 0.0674. The summed E-state index contributed by atoms with van der Waals surface area (Å²) >= 11 is 1.55. The molecule has 0 saturated carbocycles. The Morgan fingerprint density at radius 3 is 2.74 bits per heavy atom. The maximum Gasteiger partial charge on any atom is 0.254 e. The molecule has 2 heterocycles. The molecule has 5 heteroatoms. The van der Waals surface area contributed by atoms with Gasteiger partial charge in [0.25, 0.3) is 5.91 Å². The predicted octanol–water partition coefficient (Wildman–Crippen LogP) is 5.09. The summed E-state index contributed by atoms with van der Waals surface area (Å²) in [5, 5.41) is 0. The first-order valence-electron chi connectivity index (χ1n) is 8.80. The summed E-state index contributed by atoms with van der Waals surface area (Å²) in [7, 11) is 0. The Labute approximate surface area is 162 Å². The van der Waals surface area contributed by atoms with E-state index in [2.05, 4.69) is 29.0 Å². The summed E-state index contributed by atoms with van der Waals surface area (Å²) < 4.78 is 1.02. The molecule has 2 aromatic carbocycles. The topological polar surface area (TPSA) is 46.1 Å². The van der Waals surface area contributed by atoms with Gasteiger partial charge in [-0.05, 0) is 42.3 Å². The minimum absolute atomic E-state index is 0.00510. The SMILES string of the molecule is C[C@H](c1ccccc1)N(Cc1cccnc1)C(=O)c1ccc2ncsc2c1. The highest BCUT2D eigenvalue weighted by Gasteiger charge is 2.23. The number of hydrogen-bond donors (Lipinski definition) is 0. The fraction of sp³-hybridized carbons (Fsp3) is 0.136. The summed E-state index contributed by atoms with van der Waals surface area (Å²) in [6, 6.07) is 19.6. The van der Waals surface area contributed by atoms with Crippen molar-refractivity contribution in [3.63, 3.8) is 0 Å². The third-order valence-corrected chi connectivity index (χ3v) is 5.46. The van der Waals surface area contributed by atoms with Crippen LogP contribution >= 0.6 is 11.3 Å². The van der Waals surface area contributed by atoms with Gasteiger partial charge in [-0.15, -0.1) is 11.3 Å². The number of benzene rings is 2. The Morgan fingerprint density at radius 1 is 1.11 bits per heavy atom. The highest BCUT2D eigenvalue weighted by Crippen LogP contribution is 2.26. The minimum Gasteiger partial charge on any atom is -0.328 e. The summed E-state index contributed by atoms with van der Waals surface area (Å²) in [6.07, 6.45) is 3.55. The monoisotopic (exact) mass is 373 g/mol. The molecule has 134 valence electrons. The number of carbonyl (C=O) groups is 1. The van der Waals surface area contributed by atoms with Gasteiger partial charge in [-0.2, -0.15) is 0 Å². The van der Waals surface area contributed by atoms with Crippen LogP contribution in [0.2, 0.25) is 0 Å². The van der Waals surface area contributed by atoms with Crippen LogP contribution in [0.4, 0.5) is 0 Å². The van der Waals surface area contributed by atoms with Crippen molar-refractivity contribution in [1.82, 2.24) is 14.9 Å². The second kappa shape index (κ2) is 7.68. The van der Waals surface area contributed by atoms with Crippen molar-refractivity contribution >= 4 is 27.5 Å². The lowest BCUT2D eigenvalue weighted by Gasteiger charge is -2.30. The van der Waals surface area contributed by atoms with Crippen LogP contribution in [0.1, 0.15) is 34.5 Å².